The number of likely N-dealkylation sites (tertiary alicyclic amines) is 1. The van der Waals surface area contributed by atoms with E-state index in [4.69, 9.17) is 61.9 Å². The van der Waals surface area contributed by atoms with Crippen molar-refractivity contribution in [2.45, 2.75) is 63.3 Å². The first-order valence-electron chi connectivity index (χ1n) is 30.5. The highest BCUT2D eigenvalue weighted by Crippen LogP contribution is 2.34. The zero-order chi connectivity index (χ0) is 64.7. The number of hydrogen-bond donors (Lipinski definition) is 5. The maximum Gasteiger partial charge on any atom is 0.404 e. The number of alkyl halides is 2. The molecule has 31 heteroatoms. The van der Waals surface area contributed by atoms with Gasteiger partial charge in [-0.15, -0.1) is 5.10 Å². The van der Waals surface area contributed by atoms with Gasteiger partial charge in [0.15, 0.2) is 0 Å². The van der Waals surface area contributed by atoms with Crippen LogP contribution in [0, 0.1) is 17.2 Å². The van der Waals surface area contributed by atoms with E-state index in [0.29, 0.717) is 183 Å². The van der Waals surface area contributed by atoms with Gasteiger partial charge < -0.3 is 93.0 Å². The van der Waals surface area contributed by atoms with Gasteiger partial charge in [-0.1, -0.05) is 35.5 Å². The molecule has 0 radical (unpaired) electrons. The standard InChI is InChI=1S/C60H86F2N10O19/c61-60(62)38-50(39-63)72(44-60)58(77)52-36-49(57(76)67-52)37-55(74)70-40-47-2-1-3-48(51(47)42-70)41-71-43-53(68-69-71)45-4-6-46(7-5-45)56(75)65-10-9-64-54(73)8-12-80-14-16-82-18-20-84-22-24-86-26-28-88-30-32-90-34-35-91-33-31-89-29-27-87-25-23-85-21-19-83-17-15-81-13-11-66-59(78)79/h1-7,43,49-50,52,66H,8-38,40-42,44H2,(H,64,73)(H,65,75)(H,67,76)(H,78,79)/t49-,50-,52-/m0/s1. The number of fused-ring (bicyclic) bond motifs is 1. The molecule has 91 heavy (non-hydrogen) atoms. The van der Waals surface area contributed by atoms with E-state index in [0.717, 1.165) is 27.2 Å². The van der Waals surface area contributed by atoms with E-state index in [1.807, 2.05) is 18.2 Å². The highest BCUT2D eigenvalue weighted by atomic mass is 19.3. The zero-order valence-corrected chi connectivity index (χ0v) is 51.3. The molecular weight excluding hydrogens is 1200 g/mol. The number of benzene rings is 2. The normalized spacial score (nSPS) is 16.6. The molecule has 504 valence electrons. The summed E-state index contributed by atoms with van der Waals surface area (Å²) >= 11 is 0. The molecule has 0 unspecified atom stereocenters. The van der Waals surface area contributed by atoms with Crippen molar-refractivity contribution >= 4 is 35.6 Å². The minimum Gasteiger partial charge on any atom is -0.465 e. The number of rotatable bonds is 49. The van der Waals surface area contributed by atoms with Gasteiger partial charge in [0.05, 0.1) is 184 Å². The molecule has 6 rings (SSSR count). The first kappa shape index (κ1) is 73.1. The Hall–Kier alpha value is -6.93. The molecule has 3 aliphatic rings. The third-order valence-corrected chi connectivity index (χ3v) is 14.2. The van der Waals surface area contributed by atoms with Crippen LogP contribution in [0.15, 0.2) is 48.7 Å². The lowest BCUT2D eigenvalue weighted by Crippen LogP contribution is -2.46. The molecular formula is C60H86F2N10O19. The third-order valence-electron chi connectivity index (χ3n) is 14.2. The monoisotopic (exact) mass is 1290 g/mol. The van der Waals surface area contributed by atoms with Gasteiger partial charge in [0.1, 0.15) is 17.8 Å². The quantitative estimate of drug-likeness (QED) is 0.0496. The summed E-state index contributed by atoms with van der Waals surface area (Å²) in [6.45, 7) is 10.6. The molecule has 0 bridgehead atoms. The number of carboxylic acid groups (broad SMARTS) is 1. The van der Waals surface area contributed by atoms with Crippen molar-refractivity contribution in [1.82, 2.24) is 46.1 Å². The van der Waals surface area contributed by atoms with E-state index in [2.05, 4.69) is 31.6 Å². The smallest absolute Gasteiger partial charge is 0.404 e. The summed E-state index contributed by atoms with van der Waals surface area (Å²) in [7, 11) is 0. The molecule has 1 aromatic heterocycles. The Labute approximate surface area is 527 Å². The summed E-state index contributed by atoms with van der Waals surface area (Å²) in [6, 6.07) is 12.0. The Balaban J connectivity index is 0.669. The predicted molar refractivity (Wildman–Crippen MR) is 316 cm³/mol. The first-order valence-corrected chi connectivity index (χ1v) is 30.5. The zero-order valence-electron chi connectivity index (χ0n) is 51.3. The number of ether oxygens (including phenoxy) is 12. The maximum atomic E-state index is 14.0. The second-order valence-electron chi connectivity index (χ2n) is 21.0. The second kappa shape index (κ2) is 42.3. The Morgan fingerprint density at radius 3 is 1.67 bits per heavy atom. The van der Waals surface area contributed by atoms with Crippen LogP contribution in [-0.4, -0.2) is 268 Å². The molecule has 6 amide bonds. The topological polar surface area (TPSA) is 343 Å². The molecule has 0 aliphatic carbocycles. The summed E-state index contributed by atoms with van der Waals surface area (Å²) < 4.78 is 95.2. The minimum absolute atomic E-state index is 0.0328. The molecule has 5 N–H and O–H groups in total. The number of halogens is 2. The minimum atomic E-state index is -3.19. The number of carbonyl (C=O) groups excluding carboxylic acids is 5. The second-order valence-corrected chi connectivity index (χ2v) is 21.0. The molecule has 3 atom stereocenters. The van der Waals surface area contributed by atoms with Crippen LogP contribution in [0.2, 0.25) is 0 Å². The highest BCUT2D eigenvalue weighted by molar-refractivity contribution is 5.95. The van der Waals surface area contributed by atoms with Crippen molar-refractivity contribution in [3.8, 4) is 17.3 Å². The Morgan fingerprint density at radius 2 is 1.15 bits per heavy atom. The van der Waals surface area contributed by atoms with Gasteiger partial charge in [-0.2, -0.15) is 5.26 Å². The molecule has 2 aromatic carbocycles. The highest BCUT2D eigenvalue weighted by Gasteiger charge is 2.50. The van der Waals surface area contributed by atoms with E-state index in [1.165, 1.54) is 0 Å². The van der Waals surface area contributed by atoms with Crippen LogP contribution in [-0.2, 0) is 95.7 Å². The lowest BCUT2D eigenvalue weighted by atomic mass is 9.99. The van der Waals surface area contributed by atoms with E-state index in [1.54, 1.807) is 46.1 Å². The fraction of sp³-hybridized carbons (Fsp3) is 0.650. The van der Waals surface area contributed by atoms with Crippen molar-refractivity contribution < 1.29 is 99.5 Å². The van der Waals surface area contributed by atoms with Gasteiger partial charge in [-0.25, -0.2) is 18.3 Å². The summed E-state index contributed by atoms with van der Waals surface area (Å²) in [5.41, 5.74) is 4.55. The van der Waals surface area contributed by atoms with Crippen LogP contribution < -0.4 is 21.3 Å². The number of nitrogens with zero attached hydrogens (tertiary/aromatic N) is 6. The molecule has 4 heterocycles. The molecule has 29 nitrogen and oxygen atoms in total. The van der Waals surface area contributed by atoms with Gasteiger partial charge in [0.2, 0.25) is 23.6 Å². The van der Waals surface area contributed by atoms with Crippen molar-refractivity contribution in [3.05, 3.63) is 70.9 Å². The number of hydrogen-bond acceptors (Lipinski definition) is 21. The number of amides is 6. The summed E-state index contributed by atoms with van der Waals surface area (Å²) in [4.78, 5) is 77.3. The summed E-state index contributed by atoms with van der Waals surface area (Å²) in [6.07, 6.45) is -0.0928. The molecule has 3 aliphatic heterocycles. The largest absolute Gasteiger partial charge is 0.465 e. The maximum absolute atomic E-state index is 14.0. The van der Waals surface area contributed by atoms with E-state index >= 15 is 0 Å². The predicted octanol–water partition coefficient (Wildman–Crippen LogP) is 1.19. The van der Waals surface area contributed by atoms with Crippen molar-refractivity contribution in [3.63, 3.8) is 0 Å². The molecule has 0 saturated carbocycles. The molecule has 3 aromatic rings. The van der Waals surface area contributed by atoms with Crippen LogP contribution in [0.3, 0.4) is 0 Å². The fourth-order valence-electron chi connectivity index (χ4n) is 9.56. The summed E-state index contributed by atoms with van der Waals surface area (Å²) in [5.74, 6) is -6.07. The lowest BCUT2D eigenvalue weighted by Gasteiger charge is -2.22. The number of carbonyl (C=O) groups is 6. The number of aromatic nitrogens is 3. The van der Waals surface area contributed by atoms with Crippen LogP contribution in [0.4, 0.5) is 13.6 Å². The first-order chi connectivity index (χ1) is 44.3. The van der Waals surface area contributed by atoms with Crippen LogP contribution in [0.1, 0.15) is 52.7 Å². The van der Waals surface area contributed by atoms with E-state index < -0.39 is 54.8 Å². The number of nitrogens with one attached hydrogen (secondary N) is 4. The van der Waals surface area contributed by atoms with Gasteiger partial charge >= 0.3 is 6.09 Å². The van der Waals surface area contributed by atoms with Crippen molar-refractivity contribution in [1.29, 1.82) is 5.26 Å². The molecule has 2 fully saturated rings. The van der Waals surface area contributed by atoms with Crippen molar-refractivity contribution in [2.75, 3.05) is 185 Å². The van der Waals surface area contributed by atoms with Gasteiger partial charge in [0.25, 0.3) is 11.8 Å². The van der Waals surface area contributed by atoms with Crippen molar-refractivity contribution in [2.24, 2.45) is 5.92 Å². The Kier molecular flexibility index (Phi) is 34.0. The van der Waals surface area contributed by atoms with Gasteiger partial charge in [0, 0.05) is 69.0 Å². The fourth-order valence-corrected chi connectivity index (χ4v) is 9.56. The number of nitriles is 1. The average Bonchev–Trinajstić information content (AvgIpc) is 1.71. The van der Waals surface area contributed by atoms with E-state index in [9.17, 15) is 42.8 Å². The van der Waals surface area contributed by atoms with Gasteiger partial charge in [-0.3, -0.25) is 24.0 Å². The Morgan fingerprint density at radius 1 is 0.648 bits per heavy atom. The SMILES string of the molecule is N#C[C@@H]1CC(F)(F)CN1C(=O)[C@@H]1C[C@@H](CC(=O)N2Cc3cccc(Cn4cc(-c5ccc(C(=O)NCCNC(=O)CCOCCOCCOCCOCCOCCOCCOCCOCCOCCOCCOCCOCCNC(=O)O)cc5)nn4)c3C2)C(=O)N1. The van der Waals surface area contributed by atoms with E-state index in [-0.39, 0.29) is 63.2 Å². The van der Waals surface area contributed by atoms with Crippen LogP contribution in [0.5, 0.6) is 0 Å². The lowest BCUT2D eigenvalue weighted by molar-refractivity contribution is -0.135. The van der Waals surface area contributed by atoms with Gasteiger partial charge in [-0.05, 0) is 35.2 Å². The summed E-state index contributed by atoms with van der Waals surface area (Å²) in [5, 5.41) is 36.7. The van der Waals surface area contributed by atoms with Crippen LogP contribution in [0.25, 0.3) is 11.3 Å². The third kappa shape index (κ3) is 28.2. The Bertz CT molecular complexity index is 2710. The molecule has 2 saturated heterocycles. The van der Waals surface area contributed by atoms with Crippen LogP contribution >= 0.6 is 0 Å². The molecule has 0 spiro atoms. The average molecular weight is 1290 g/mol.